The molecule has 3 aliphatic rings. The highest BCUT2D eigenvalue weighted by Crippen LogP contribution is 2.47. The number of benzene rings is 1. The molecule has 0 aliphatic heterocycles. The van der Waals surface area contributed by atoms with Gasteiger partial charge in [0.05, 0.1) is 12.7 Å². The molecular weight excluding hydrogens is 549 g/mol. The maximum atomic E-state index is 13.1. The van der Waals surface area contributed by atoms with Gasteiger partial charge in [0.15, 0.2) is 0 Å². The molecule has 2 atom stereocenters. The molecule has 3 saturated carbocycles. The van der Waals surface area contributed by atoms with Gasteiger partial charge in [0.1, 0.15) is 27.9 Å². The molecule has 3 aromatic rings. The summed E-state index contributed by atoms with van der Waals surface area (Å²) in [5.41, 5.74) is 1.20. The lowest BCUT2D eigenvalue weighted by Gasteiger charge is -2.36. The summed E-state index contributed by atoms with van der Waals surface area (Å²) in [7, 11) is -3.81. The van der Waals surface area contributed by atoms with Crippen LogP contribution in [0.5, 0.6) is 5.75 Å². The molecule has 0 spiro atoms. The first-order chi connectivity index (χ1) is 19.0. The summed E-state index contributed by atoms with van der Waals surface area (Å²) in [5.74, 6) is 1.81. The Bertz CT molecular complexity index is 1460. The van der Waals surface area contributed by atoms with Crippen molar-refractivity contribution >= 4 is 15.8 Å². The molecule has 1 aromatic carbocycles. The normalized spacial score (nSPS) is 24.7. The highest BCUT2D eigenvalue weighted by Gasteiger charge is 2.44. The number of halogens is 3. The largest absolute Gasteiger partial charge is 0.573 e. The lowest BCUT2D eigenvalue weighted by atomic mass is 9.82. The molecule has 0 amide bonds. The number of nitrogens with one attached hydrogen (secondary N) is 1. The fourth-order valence-electron chi connectivity index (χ4n) is 6.07. The Morgan fingerprint density at radius 3 is 2.40 bits per heavy atom. The number of rotatable bonds is 9. The van der Waals surface area contributed by atoms with Gasteiger partial charge in [-0.1, -0.05) is 17.3 Å². The van der Waals surface area contributed by atoms with Crippen molar-refractivity contribution in [3.8, 4) is 17.0 Å². The van der Waals surface area contributed by atoms with Crippen LogP contribution in [0.1, 0.15) is 55.8 Å². The van der Waals surface area contributed by atoms with Crippen molar-refractivity contribution in [2.75, 3.05) is 5.32 Å². The molecule has 3 fully saturated rings. The smallest absolute Gasteiger partial charge is 0.405 e. The Morgan fingerprint density at radius 2 is 1.77 bits per heavy atom. The van der Waals surface area contributed by atoms with E-state index in [0.717, 1.165) is 38.5 Å². The number of pyridine rings is 1. The van der Waals surface area contributed by atoms with E-state index in [9.17, 15) is 21.6 Å². The van der Waals surface area contributed by atoms with E-state index in [1.807, 2.05) is 0 Å². The third kappa shape index (κ3) is 5.81. The van der Waals surface area contributed by atoms with Crippen LogP contribution < -0.4 is 15.2 Å². The summed E-state index contributed by atoms with van der Waals surface area (Å²) >= 11 is 0. The summed E-state index contributed by atoms with van der Waals surface area (Å²) in [5, 5.41) is 12.8. The maximum absolute atomic E-state index is 13.1. The standard InChI is InChI=1S/C27H29F3N4O5S/c28-27(29,30)38-22-4-2-1-3-20(22)25-21(26(39-34-25)15-5-6-15)14-37-18-11-16-7-8-17(12-18)24(16)33-23-10-9-19(13-32-23)40(31,35)36/h1-4,9-10,13,15-18,24H,5-8,11-12,14H2,(H,32,33)(H2,31,35,36). The number of hydrogen-bond donors (Lipinski definition) is 2. The molecule has 3 N–H and O–H groups in total. The first-order valence-electron chi connectivity index (χ1n) is 13.3. The lowest BCUT2D eigenvalue weighted by molar-refractivity contribution is -0.274. The Balaban J connectivity index is 1.15. The van der Waals surface area contributed by atoms with E-state index in [1.165, 1.54) is 24.4 Å². The van der Waals surface area contributed by atoms with E-state index in [4.69, 9.17) is 14.4 Å². The zero-order valence-corrected chi connectivity index (χ0v) is 22.2. The number of para-hydroxylation sites is 1. The molecule has 40 heavy (non-hydrogen) atoms. The number of sulfonamides is 1. The number of nitrogens with zero attached hydrogens (tertiary/aromatic N) is 2. The van der Waals surface area contributed by atoms with E-state index >= 15 is 0 Å². The summed E-state index contributed by atoms with van der Waals surface area (Å²) in [6, 6.07) is 9.17. The minimum Gasteiger partial charge on any atom is -0.405 e. The lowest BCUT2D eigenvalue weighted by Crippen LogP contribution is -2.39. The van der Waals surface area contributed by atoms with Crippen molar-refractivity contribution in [3.63, 3.8) is 0 Å². The quantitative estimate of drug-likeness (QED) is 0.348. The van der Waals surface area contributed by atoms with E-state index in [-0.39, 0.29) is 40.9 Å². The van der Waals surface area contributed by atoms with Crippen LogP contribution in [0.2, 0.25) is 0 Å². The van der Waals surface area contributed by atoms with Gasteiger partial charge in [-0.15, -0.1) is 13.2 Å². The highest BCUT2D eigenvalue weighted by molar-refractivity contribution is 7.89. The van der Waals surface area contributed by atoms with Gasteiger partial charge in [-0.05, 0) is 74.6 Å². The molecule has 2 unspecified atom stereocenters. The van der Waals surface area contributed by atoms with Gasteiger partial charge in [0, 0.05) is 29.3 Å². The minimum atomic E-state index is -4.83. The highest BCUT2D eigenvalue weighted by atomic mass is 32.2. The molecule has 9 nitrogen and oxygen atoms in total. The third-order valence-corrected chi connectivity index (χ3v) is 8.93. The number of ether oxygens (including phenoxy) is 2. The van der Waals surface area contributed by atoms with Crippen LogP contribution in [0, 0.1) is 11.8 Å². The van der Waals surface area contributed by atoms with Crippen LogP contribution in [-0.2, 0) is 21.4 Å². The Labute approximate surface area is 229 Å². The number of primary sulfonamides is 1. The van der Waals surface area contributed by atoms with Crippen molar-refractivity contribution < 1.29 is 35.6 Å². The molecule has 3 aliphatic carbocycles. The molecule has 214 valence electrons. The minimum absolute atomic E-state index is 0.0234. The number of hydrogen-bond acceptors (Lipinski definition) is 8. The summed E-state index contributed by atoms with van der Waals surface area (Å²) in [6.07, 6.45) is 1.97. The van der Waals surface area contributed by atoms with Crippen LogP contribution >= 0.6 is 0 Å². The zero-order chi connectivity index (χ0) is 28.1. The predicted octanol–water partition coefficient (Wildman–Crippen LogP) is 5.35. The van der Waals surface area contributed by atoms with Crippen molar-refractivity contribution in [1.29, 1.82) is 0 Å². The van der Waals surface area contributed by atoms with Crippen LogP contribution in [0.15, 0.2) is 52.0 Å². The van der Waals surface area contributed by atoms with Gasteiger partial charge in [0.2, 0.25) is 10.0 Å². The Morgan fingerprint density at radius 1 is 1.05 bits per heavy atom. The second kappa shape index (κ2) is 10.3. The number of alkyl halides is 3. The molecule has 2 heterocycles. The number of nitrogens with two attached hydrogens (primary N) is 1. The van der Waals surface area contributed by atoms with Crippen molar-refractivity contribution in [2.24, 2.45) is 17.0 Å². The summed E-state index contributed by atoms with van der Waals surface area (Å²) < 4.78 is 78.5. The van der Waals surface area contributed by atoms with E-state index in [1.54, 1.807) is 18.2 Å². The van der Waals surface area contributed by atoms with Gasteiger partial charge >= 0.3 is 6.36 Å². The van der Waals surface area contributed by atoms with Gasteiger partial charge in [-0.2, -0.15) is 0 Å². The molecule has 0 radical (unpaired) electrons. The Kier molecular flexibility index (Phi) is 6.99. The first kappa shape index (κ1) is 27.0. The van der Waals surface area contributed by atoms with Crippen molar-refractivity contribution in [2.45, 2.75) is 74.5 Å². The van der Waals surface area contributed by atoms with Gasteiger partial charge in [-0.25, -0.2) is 18.5 Å². The van der Waals surface area contributed by atoms with Crippen LogP contribution in [0.3, 0.4) is 0 Å². The van der Waals surface area contributed by atoms with E-state index in [0.29, 0.717) is 34.7 Å². The summed E-state index contributed by atoms with van der Waals surface area (Å²) in [6.45, 7) is 0.184. The van der Waals surface area contributed by atoms with E-state index < -0.39 is 16.4 Å². The number of fused-ring (bicyclic) bond motifs is 2. The van der Waals surface area contributed by atoms with Crippen molar-refractivity contribution in [1.82, 2.24) is 10.1 Å². The van der Waals surface area contributed by atoms with Crippen LogP contribution in [0.25, 0.3) is 11.3 Å². The monoisotopic (exact) mass is 578 g/mol. The zero-order valence-electron chi connectivity index (χ0n) is 21.4. The van der Waals surface area contributed by atoms with Crippen molar-refractivity contribution in [3.05, 3.63) is 53.9 Å². The van der Waals surface area contributed by atoms with Gasteiger partial charge < -0.3 is 19.3 Å². The topological polar surface area (TPSA) is 130 Å². The summed E-state index contributed by atoms with van der Waals surface area (Å²) in [4.78, 5) is 4.19. The SMILES string of the molecule is NS(=O)(=O)c1ccc(NC2C3CCC2CC(OCc2c(-c4ccccc4OC(F)(F)F)noc2C2CC2)C3)nc1. The van der Waals surface area contributed by atoms with Crippen LogP contribution in [-0.4, -0.2) is 37.1 Å². The second-order valence-electron chi connectivity index (χ2n) is 10.8. The molecule has 2 aromatic heterocycles. The Hall–Kier alpha value is -3.16. The second-order valence-corrected chi connectivity index (χ2v) is 12.3. The molecule has 0 saturated heterocycles. The fourth-order valence-corrected chi connectivity index (χ4v) is 6.52. The molecule has 2 bridgehead atoms. The fraction of sp³-hybridized carbons (Fsp3) is 0.481. The maximum Gasteiger partial charge on any atom is 0.573 e. The average Bonchev–Trinajstić information content (AvgIpc) is 3.61. The number of aromatic nitrogens is 2. The third-order valence-electron chi connectivity index (χ3n) is 8.03. The number of anilines is 1. The van der Waals surface area contributed by atoms with E-state index in [2.05, 4.69) is 20.2 Å². The van der Waals surface area contributed by atoms with Gasteiger partial charge in [-0.3, -0.25) is 0 Å². The average molecular weight is 579 g/mol. The molecular formula is C27H29F3N4O5S. The first-order valence-corrected chi connectivity index (χ1v) is 14.8. The molecule has 6 rings (SSSR count). The predicted molar refractivity (Wildman–Crippen MR) is 138 cm³/mol. The van der Waals surface area contributed by atoms with Crippen LogP contribution in [0.4, 0.5) is 19.0 Å². The van der Waals surface area contributed by atoms with Gasteiger partial charge in [0.25, 0.3) is 0 Å². The molecule has 13 heteroatoms.